The van der Waals surface area contributed by atoms with Gasteiger partial charge in [-0.05, 0) is 38.0 Å². The van der Waals surface area contributed by atoms with E-state index in [-0.39, 0.29) is 35.3 Å². The highest BCUT2D eigenvalue weighted by Crippen LogP contribution is 2.36. The van der Waals surface area contributed by atoms with Crippen molar-refractivity contribution >= 4 is 21.7 Å². The molecule has 0 aromatic heterocycles. The van der Waals surface area contributed by atoms with Crippen LogP contribution in [0, 0.1) is 5.92 Å². The highest BCUT2D eigenvalue weighted by atomic mass is 32.2. The van der Waals surface area contributed by atoms with E-state index in [0.29, 0.717) is 19.3 Å². The molecule has 1 N–H and O–H groups in total. The number of rotatable bonds is 3. The first-order valence-electron chi connectivity index (χ1n) is 7.76. The zero-order valence-corrected chi connectivity index (χ0v) is 13.1. The van der Waals surface area contributed by atoms with Crippen molar-refractivity contribution < 1.29 is 18.0 Å². The molecule has 3 unspecified atom stereocenters. The summed E-state index contributed by atoms with van der Waals surface area (Å²) >= 11 is 0. The fourth-order valence-electron chi connectivity index (χ4n) is 3.54. The molecular weight excluding hydrogens is 292 g/mol. The quantitative estimate of drug-likeness (QED) is 0.799. The number of nitrogens with one attached hydrogen (secondary N) is 1. The van der Waals surface area contributed by atoms with Crippen molar-refractivity contribution in [2.75, 3.05) is 11.5 Å². The molecule has 0 radical (unpaired) electrons. The molecule has 1 saturated carbocycles. The van der Waals surface area contributed by atoms with Crippen LogP contribution in [0.15, 0.2) is 0 Å². The molecule has 2 amide bonds. The summed E-state index contributed by atoms with van der Waals surface area (Å²) in [6, 6.07) is -1.30. The van der Waals surface area contributed by atoms with E-state index in [1.165, 1.54) is 0 Å². The van der Waals surface area contributed by atoms with Crippen LogP contribution in [0.1, 0.15) is 39.0 Å². The lowest BCUT2D eigenvalue weighted by Gasteiger charge is -2.44. The van der Waals surface area contributed by atoms with E-state index in [9.17, 15) is 18.0 Å². The van der Waals surface area contributed by atoms with E-state index >= 15 is 0 Å². The Bertz CT molecular complexity index is 555. The zero-order chi connectivity index (χ0) is 15.2. The molecule has 0 aromatic rings. The number of amides is 2. The Hall–Kier alpha value is -1.11. The predicted molar refractivity (Wildman–Crippen MR) is 77.3 cm³/mol. The van der Waals surface area contributed by atoms with Crippen molar-refractivity contribution in [3.05, 3.63) is 0 Å². The molecule has 2 aliphatic heterocycles. The molecule has 3 rings (SSSR count). The number of nitrogens with zero attached hydrogens (tertiary/aromatic N) is 1. The van der Waals surface area contributed by atoms with Crippen molar-refractivity contribution in [3.8, 4) is 0 Å². The third-order valence-electron chi connectivity index (χ3n) is 4.77. The van der Waals surface area contributed by atoms with Crippen LogP contribution in [-0.2, 0) is 19.4 Å². The van der Waals surface area contributed by atoms with Crippen molar-refractivity contribution in [2.45, 2.75) is 57.2 Å². The van der Waals surface area contributed by atoms with Gasteiger partial charge in [-0.15, -0.1) is 0 Å². The van der Waals surface area contributed by atoms with Gasteiger partial charge in [-0.3, -0.25) is 9.59 Å². The van der Waals surface area contributed by atoms with Gasteiger partial charge in [0.1, 0.15) is 12.1 Å². The molecule has 3 fully saturated rings. The lowest BCUT2D eigenvalue weighted by Crippen LogP contribution is -2.67. The summed E-state index contributed by atoms with van der Waals surface area (Å²) in [6.07, 6.45) is 3.69. The average Bonchev–Trinajstić information content (AvgIpc) is 3.23. The van der Waals surface area contributed by atoms with Crippen LogP contribution in [0.5, 0.6) is 0 Å². The highest BCUT2D eigenvalue weighted by Gasteiger charge is 2.49. The molecule has 2 heterocycles. The topological polar surface area (TPSA) is 83.6 Å². The second kappa shape index (κ2) is 5.26. The Morgan fingerprint density at radius 1 is 1.24 bits per heavy atom. The molecule has 3 atom stereocenters. The molecule has 2 saturated heterocycles. The van der Waals surface area contributed by atoms with Crippen molar-refractivity contribution in [2.24, 2.45) is 5.92 Å². The summed E-state index contributed by atoms with van der Waals surface area (Å²) in [5.41, 5.74) is 0. The summed E-state index contributed by atoms with van der Waals surface area (Å²) in [5, 5.41) is 2.84. The van der Waals surface area contributed by atoms with E-state index in [1.54, 1.807) is 4.90 Å². The van der Waals surface area contributed by atoms with Gasteiger partial charge < -0.3 is 10.2 Å². The molecule has 7 heteroatoms. The Morgan fingerprint density at radius 2 is 1.95 bits per heavy atom. The maximum atomic E-state index is 12.7. The largest absolute Gasteiger partial charge is 0.342 e. The van der Waals surface area contributed by atoms with Crippen molar-refractivity contribution in [3.63, 3.8) is 0 Å². The van der Waals surface area contributed by atoms with Gasteiger partial charge in [-0.2, -0.15) is 0 Å². The third kappa shape index (κ3) is 2.80. The smallest absolute Gasteiger partial charge is 0.246 e. The van der Waals surface area contributed by atoms with Crippen LogP contribution in [0.4, 0.5) is 0 Å². The minimum Gasteiger partial charge on any atom is -0.342 e. The standard InChI is InChI=1S/C14H22N2O4S/c1-2-11-13(17)15-12(9-5-6-9)14(18)16(11)10-4-3-7-21(19,20)8-10/h9-12H,2-8H2,1H3,(H,15,17). The molecule has 1 aliphatic carbocycles. The SMILES string of the molecule is CCC1C(=O)NC(C2CC2)C(=O)N1C1CCCS(=O)(=O)C1. The van der Waals surface area contributed by atoms with Crippen LogP contribution in [-0.4, -0.2) is 54.8 Å². The second-order valence-corrected chi connectivity index (χ2v) is 8.63. The van der Waals surface area contributed by atoms with Crippen LogP contribution < -0.4 is 5.32 Å². The van der Waals surface area contributed by atoms with Crippen LogP contribution in [0.25, 0.3) is 0 Å². The van der Waals surface area contributed by atoms with Crippen LogP contribution >= 0.6 is 0 Å². The third-order valence-corrected chi connectivity index (χ3v) is 6.57. The first-order valence-corrected chi connectivity index (χ1v) is 9.58. The van der Waals surface area contributed by atoms with E-state index in [2.05, 4.69) is 5.32 Å². The number of hydrogen-bond donors (Lipinski definition) is 1. The minimum atomic E-state index is -3.10. The fraction of sp³-hybridized carbons (Fsp3) is 0.857. The zero-order valence-electron chi connectivity index (χ0n) is 12.2. The molecule has 118 valence electrons. The van der Waals surface area contributed by atoms with Gasteiger partial charge in [0.05, 0.1) is 11.5 Å². The number of piperazine rings is 1. The maximum Gasteiger partial charge on any atom is 0.246 e. The van der Waals surface area contributed by atoms with Gasteiger partial charge in [-0.1, -0.05) is 6.92 Å². The van der Waals surface area contributed by atoms with Gasteiger partial charge in [-0.25, -0.2) is 8.42 Å². The summed E-state index contributed by atoms with van der Waals surface area (Å²) in [5.74, 6) is 0.227. The minimum absolute atomic E-state index is 0.0000926. The van der Waals surface area contributed by atoms with Gasteiger partial charge in [0.25, 0.3) is 0 Å². The van der Waals surface area contributed by atoms with E-state index in [1.807, 2.05) is 6.92 Å². The molecule has 0 aromatic carbocycles. The first-order chi connectivity index (χ1) is 9.93. The Balaban J connectivity index is 1.87. The fourth-order valence-corrected chi connectivity index (χ4v) is 5.22. The summed E-state index contributed by atoms with van der Waals surface area (Å²) in [6.45, 7) is 1.86. The Labute approximate surface area is 125 Å². The Kier molecular flexibility index (Phi) is 3.71. The number of hydrogen-bond acceptors (Lipinski definition) is 4. The summed E-state index contributed by atoms with van der Waals surface area (Å²) < 4.78 is 23.8. The average molecular weight is 314 g/mol. The monoisotopic (exact) mass is 314 g/mol. The van der Waals surface area contributed by atoms with E-state index in [4.69, 9.17) is 0 Å². The lowest BCUT2D eigenvalue weighted by atomic mass is 9.98. The molecule has 21 heavy (non-hydrogen) atoms. The number of carbonyl (C=O) groups excluding carboxylic acids is 2. The second-order valence-electron chi connectivity index (χ2n) is 6.40. The number of carbonyl (C=O) groups is 2. The number of sulfone groups is 1. The predicted octanol–water partition coefficient (Wildman–Crippen LogP) is 0.0792. The van der Waals surface area contributed by atoms with Gasteiger partial charge >= 0.3 is 0 Å². The van der Waals surface area contributed by atoms with E-state index in [0.717, 1.165) is 12.8 Å². The Morgan fingerprint density at radius 3 is 2.52 bits per heavy atom. The van der Waals surface area contributed by atoms with Crippen molar-refractivity contribution in [1.29, 1.82) is 0 Å². The highest BCUT2D eigenvalue weighted by molar-refractivity contribution is 7.91. The maximum absolute atomic E-state index is 12.7. The van der Waals surface area contributed by atoms with Gasteiger partial charge in [0, 0.05) is 6.04 Å². The summed E-state index contributed by atoms with van der Waals surface area (Å²) in [7, 11) is -3.10. The normalized spacial score (nSPS) is 36.4. The van der Waals surface area contributed by atoms with Gasteiger partial charge in [0.15, 0.2) is 9.84 Å². The molecule has 0 spiro atoms. The van der Waals surface area contributed by atoms with Crippen LogP contribution in [0.3, 0.4) is 0 Å². The van der Waals surface area contributed by atoms with E-state index < -0.39 is 21.9 Å². The molecule has 0 bridgehead atoms. The molecular formula is C14H22N2O4S. The van der Waals surface area contributed by atoms with Gasteiger partial charge in [0.2, 0.25) is 11.8 Å². The molecule has 6 nitrogen and oxygen atoms in total. The molecule has 3 aliphatic rings. The summed E-state index contributed by atoms with van der Waals surface area (Å²) in [4.78, 5) is 26.6. The van der Waals surface area contributed by atoms with Crippen molar-refractivity contribution in [1.82, 2.24) is 10.2 Å². The first kappa shape index (κ1) is 14.8. The van der Waals surface area contributed by atoms with Crippen LogP contribution in [0.2, 0.25) is 0 Å². The lowest BCUT2D eigenvalue weighted by molar-refractivity contribution is -0.152.